The molecule has 0 aromatic carbocycles. The Morgan fingerprint density at radius 1 is 1.56 bits per heavy atom. The molecule has 0 rings (SSSR count). The van der Waals surface area contributed by atoms with E-state index < -0.39 is 17.0 Å². The van der Waals surface area contributed by atoms with Crippen molar-refractivity contribution in [3.05, 3.63) is 10.1 Å². The fourth-order valence-electron chi connectivity index (χ4n) is 1.01. The highest BCUT2D eigenvalue weighted by atomic mass is 35.5. The van der Waals surface area contributed by atoms with Crippen LogP contribution >= 0.6 is 12.4 Å². The highest BCUT2D eigenvalue weighted by molar-refractivity contribution is 5.85. The smallest absolute Gasteiger partial charge is 0.334 e. The zero-order valence-corrected chi connectivity index (χ0v) is 10.6. The Balaban J connectivity index is -0.00000112. The second-order valence-corrected chi connectivity index (χ2v) is 2.91. The van der Waals surface area contributed by atoms with Crippen LogP contribution in [0.1, 0.15) is 12.8 Å². The van der Waals surface area contributed by atoms with Crippen molar-refractivity contribution in [2.45, 2.75) is 18.9 Å². The summed E-state index contributed by atoms with van der Waals surface area (Å²) in [5.41, 5.74) is 12.0. The first-order chi connectivity index (χ1) is 7.47. The van der Waals surface area contributed by atoms with Gasteiger partial charge < -0.3 is 21.7 Å². The summed E-state index contributed by atoms with van der Waals surface area (Å²) >= 11 is 0. The van der Waals surface area contributed by atoms with E-state index in [4.69, 9.17) is 11.5 Å². The van der Waals surface area contributed by atoms with E-state index in [0.717, 1.165) is 7.11 Å². The van der Waals surface area contributed by atoms with Gasteiger partial charge in [-0.2, -0.15) is 0 Å². The fourth-order valence-corrected chi connectivity index (χ4v) is 1.01. The molecule has 0 bridgehead atoms. The van der Waals surface area contributed by atoms with Crippen LogP contribution < -0.4 is 16.9 Å². The Kier molecular flexibility index (Phi) is 13.9. The molecule has 0 heterocycles. The number of nitrogens with two attached hydrogens (primary N) is 2. The molecule has 108 valence electrons. The second-order valence-electron chi connectivity index (χ2n) is 2.91. The third-order valence-corrected chi connectivity index (χ3v) is 1.69. The van der Waals surface area contributed by atoms with E-state index in [0.29, 0.717) is 13.0 Å². The van der Waals surface area contributed by atoms with Crippen molar-refractivity contribution in [2.75, 3.05) is 13.7 Å². The average molecular weight is 288 g/mol. The third kappa shape index (κ3) is 10.7. The standard InChI is InChI=1S/C7H15N5O4.ClH.H2O/c1-16-6(13)5(11-12(14)15)3-2-4-10-7(8)9;;/h5,11H,2-4H2,1H3,(H4,8,9,10);1H;1H2/t5-;;/m0../s1. The normalized spacial score (nSPS) is 10.1. The second kappa shape index (κ2) is 11.7. The number of hydrazine groups is 1. The van der Waals surface area contributed by atoms with Gasteiger partial charge in [0.15, 0.2) is 17.0 Å². The van der Waals surface area contributed by atoms with Crippen LogP contribution in [0, 0.1) is 10.1 Å². The minimum atomic E-state index is -0.991. The molecule has 0 aliphatic heterocycles. The number of ether oxygens (including phenoxy) is 1. The van der Waals surface area contributed by atoms with Crippen molar-refractivity contribution in [1.29, 1.82) is 0 Å². The summed E-state index contributed by atoms with van der Waals surface area (Å²) < 4.78 is 4.40. The summed E-state index contributed by atoms with van der Waals surface area (Å²) in [5.74, 6) is -0.752. The van der Waals surface area contributed by atoms with Crippen LogP contribution in [0.2, 0.25) is 0 Å². The molecule has 0 radical (unpaired) electrons. The predicted octanol–water partition coefficient (Wildman–Crippen LogP) is -2.04. The quantitative estimate of drug-likeness (QED) is 0.120. The lowest BCUT2D eigenvalue weighted by molar-refractivity contribution is -0.549. The minimum Gasteiger partial charge on any atom is -0.467 e. The molecule has 10 nitrogen and oxygen atoms in total. The van der Waals surface area contributed by atoms with Crippen LogP contribution in [0.25, 0.3) is 0 Å². The molecule has 0 fully saturated rings. The summed E-state index contributed by atoms with van der Waals surface area (Å²) in [4.78, 5) is 25.0. The van der Waals surface area contributed by atoms with Gasteiger partial charge in [-0.25, -0.2) is 14.9 Å². The first-order valence-electron chi connectivity index (χ1n) is 4.51. The van der Waals surface area contributed by atoms with Gasteiger partial charge in [-0.1, -0.05) is 0 Å². The average Bonchev–Trinajstić information content (AvgIpc) is 2.20. The number of hydrogen-bond acceptors (Lipinski definition) is 5. The van der Waals surface area contributed by atoms with Gasteiger partial charge in [0.2, 0.25) is 0 Å². The summed E-state index contributed by atoms with van der Waals surface area (Å²) in [6, 6.07) is -0.991. The number of aliphatic imine (C=N–C) groups is 1. The molecule has 11 heteroatoms. The van der Waals surface area contributed by atoms with Gasteiger partial charge in [-0.05, 0) is 12.8 Å². The molecule has 1 atom stereocenters. The Morgan fingerprint density at radius 3 is 2.50 bits per heavy atom. The number of nitrogens with zero attached hydrogens (tertiary/aromatic N) is 2. The first-order valence-corrected chi connectivity index (χ1v) is 4.51. The maximum atomic E-state index is 11.1. The zero-order chi connectivity index (χ0) is 12.6. The number of nitro groups is 1. The van der Waals surface area contributed by atoms with Crippen molar-refractivity contribution >= 4 is 24.3 Å². The van der Waals surface area contributed by atoms with Gasteiger partial charge in [0.25, 0.3) is 0 Å². The molecule has 0 saturated carbocycles. The third-order valence-electron chi connectivity index (χ3n) is 1.69. The number of esters is 1. The van der Waals surface area contributed by atoms with E-state index in [1.165, 1.54) is 0 Å². The Hall–Kier alpha value is -1.81. The molecule has 0 aliphatic rings. The van der Waals surface area contributed by atoms with E-state index in [9.17, 15) is 14.9 Å². The molecular formula is C7H18ClN5O5. The van der Waals surface area contributed by atoms with Gasteiger partial charge in [0.05, 0.1) is 7.11 Å². The molecule has 0 spiro atoms. The highest BCUT2D eigenvalue weighted by Crippen LogP contribution is 2.00. The SMILES string of the molecule is COC(=O)[C@H](CCCN=C(N)N)N[N+](=O)[O-].Cl.O. The zero-order valence-electron chi connectivity index (χ0n) is 9.79. The van der Waals surface area contributed by atoms with Gasteiger partial charge in [0, 0.05) is 6.54 Å². The Labute approximate surface area is 110 Å². The number of rotatable bonds is 7. The lowest BCUT2D eigenvalue weighted by Crippen LogP contribution is -2.41. The number of carbonyl (C=O) groups is 1. The van der Waals surface area contributed by atoms with E-state index in [1.54, 1.807) is 0 Å². The molecule has 0 aliphatic carbocycles. The van der Waals surface area contributed by atoms with E-state index in [-0.39, 0.29) is 30.3 Å². The highest BCUT2D eigenvalue weighted by Gasteiger charge is 2.22. The lowest BCUT2D eigenvalue weighted by Gasteiger charge is -2.10. The number of guanidine groups is 1. The molecule has 0 amide bonds. The number of nitrogens with one attached hydrogen (secondary N) is 1. The fraction of sp³-hybridized carbons (Fsp3) is 0.714. The van der Waals surface area contributed by atoms with Crippen LogP contribution in [-0.2, 0) is 9.53 Å². The Bertz CT molecular complexity index is 283. The van der Waals surface area contributed by atoms with Crippen molar-refractivity contribution in [3.8, 4) is 0 Å². The topological polar surface area (TPSA) is 177 Å². The van der Waals surface area contributed by atoms with E-state index in [1.807, 2.05) is 5.43 Å². The molecule has 0 saturated heterocycles. The summed E-state index contributed by atoms with van der Waals surface area (Å²) in [5, 5.41) is 9.40. The van der Waals surface area contributed by atoms with Crippen molar-refractivity contribution in [1.82, 2.24) is 5.43 Å². The lowest BCUT2D eigenvalue weighted by atomic mass is 10.1. The van der Waals surface area contributed by atoms with Gasteiger partial charge in [-0.3, -0.25) is 4.99 Å². The minimum absolute atomic E-state index is 0. The summed E-state index contributed by atoms with van der Waals surface area (Å²) in [6.07, 6.45) is 0.642. The monoisotopic (exact) mass is 287 g/mol. The van der Waals surface area contributed by atoms with Crippen LogP contribution in [0.15, 0.2) is 4.99 Å². The van der Waals surface area contributed by atoms with Crippen LogP contribution in [0.5, 0.6) is 0 Å². The van der Waals surface area contributed by atoms with Gasteiger partial charge in [-0.15, -0.1) is 17.8 Å². The number of halogens is 1. The van der Waals surface area contributed by atoms with E-state index in [2.05, 4.69) is 9.73 Å². The van der Waals surface area contributed by atoms with Crippen LogP contribution in [0.4, 0.5) is 0 Å². The van der Waals surface area contributed by atoms with Crippen molar-refractivity contribution < 1.29 is 20.0 Å². The molecule has 7 N–H and O–H groups in total. The number of methoxy groups -OCH3 is 1. The molecule has 18 heavy (non-hydrogen) atoms. The van der Waals surface area contributed by atoms with Crippen molar-refractivity contribution in [2.24, 2.45) is 16.5 Å². The molecular weight excluding hydrogens is 270 g/mol. The van der Waals surface area contributed by atoms with Gasteiger partial charge in [0.1, 0.15) is 0 Å². The maximum Gasteiger partial charge on any atom is 0.334 e. The molecule has 0 aromatic rings. The largest absolute Gasteiger partial charge is 0.467 e. The first kappa shape index (κ1) is 21.5. The van der Waals surface area contributed by atoms with Crippen LogP contribution in [0.3, 0.4) is 0 Å². The van der Waals surface area contributed by atoms with E-state index >= 15 is 0 Å². The summed E-state index contributed by atoms with van der Waals surface area (Å²) in [6.45, 7) is 0.301. The molecule has 0 unspecified atom stereocenters. The summed E-state index contributed by atoms with van der Waals surface area (Å²) in [7, 11) is 1.16. The number of carbonyl (C=O) groups excluding carboxylic acids is 1. The van der Waals surface area contributed by atoms with Gasteiger partial charge >= 0.3 is 5.97 Å². The Morgan fingerprint density at radius 2 is 2.11 bits per heavy atom. The predicted molar refractivity (Wildman–Crippen MR) is 66.7 cm³/mol. The molecule has 0 aromatic heterocycles. The van der Waals surface area contributed by atoms with Crippen LogP contribution in [-0.4, -0.2) is 42.1 Å². The van der Waals surface area contributed by atoms with Crippen molar-refractivity contribution in [3.63, 3.8) is 0 Å². The maximum absolute atomic E-state index is 11.1. The number of hydrogen-bond donors (Lipinski definition) is 3.